The van der Waals surface area contributed by atoms with Gasteiger partial charge in [0, 0.05) is 13.1 Å². The van der Waals surface area contributed by atoms with Gasteiger partial charge in [0.1, 0.15) is 18.2 Å². The van der Waals surface area contributed by atoms with Gasteiger partial charge in [0.05, 0.1) is 0 Å². The van der Waals surface area contributed by atoms with Gasteiger partial charge >= 0.3 is 0 Å². The molecule has 1 heterocycles. The molecule has 0 aliphatic rings. The number of aromatic nitrogens is 3. The van der Waals surface area contributed by atoms with Crippen LogP contribution in [0.1, 0.15) is 35.3 Å². The van der Waals surface area contributed by atoms with Crippen molar-refractivity contribution >= 4 is 0 Å². The third kappa shape index (κ3) is 3.61. The van der Waals surface area contributed by atoms with Crippen molar-refractivity contribution < 1.29 is 4.74 Å². The van der Waals surface area contributed by atoms with Crippen LogP contribution in [0.2, 0.25) is 0 Å². The Labute approximate surface area is 126 Å². The minimum absolute atomic E-state index is 0.164. The summed E-state index contributed by atoms with van der Waals surface area (Å²) in [5.74, 6) is 2.63. The van der Waals surface area contributed by atoms with Crippen molar-refractivity contribution in [3.63, 3.8) is 0 Å². The van der Waals surface area contributed by atoms with Gasteiger partial charge in [-0.25, -0.2) is 0 Å². The molecule has 1 aromatic heterocycles. The number of aryl methyl sites for hydroxylation is 3. The lowest BCUT2D eigenvalue weighted by Gasteiger charge is -2.15. The number of hydrogen-bond acceptors (Lipinski definition) is 4. The van der Waals surface area contributed by atoms with Crippen molar-refractivity contribution in [2.45, 2.75) is 46.8 Å². The second kappa shape index (κ2) is 6.26. The van der Waals surface area contributed by atoms with Crippen LogP contribution in [-0.2, 0) is 20.1 Å². The highest BCUT2D eigenvalue weighted by molar-refractivity contribution is 5.43. The quantitative estimate of drug-likeness (QED) is 0.916. The number of rotatable bonds is 5. The van der Waals surface area contributed by atoms with E-state index in [1.165, 1.54) is 5.56 Å². The molecule has 0 bridgehead atoms. The maximum Gasteiger partial charge on any atom is 0.170 e. The summed E-state index contributed by atoms with van der Waals surface area (Å²) in [6.45, 7) is 8.50. The summed E-state index contributed by atoms with van der Waals surface area (Å²) in [6, 6.07) is 4.46. The summed E-state index contributed by atoms with van der Waals surface area (Å²) < 4.78 is 7.89. The van der Waals surface area contributed by atoms with Crippen LogP contribution in [0.3, 0.4) is 0 Å². The van der Waals surface area contributed by atoms with Gasteiger partial charge in [0.25, 0.3) is 0 Å². The standard InChI is InChI=1S/C16H24N4O/c1-10-6-14(8-12(3)17)7-11(2)16(10)21-9-15-19-18-13(4)20(15)5/h6-7,12H,8-9,17H2,1-5H3. The fraction of sp³-hybridized carbons (Fsp3) is 0.500. The third-order valence-corrected chi connectivity index (χ3v) is 3.61. The lowest BCUT2D eigenvalue weighted by molar-refractivity contribution is 0.287. The maximum absolute atomic E-state index is 5.95. The minimum atomic E-state index is 0.164. The molecule has 2 N–H and O–H groups in total. The largest absolute Gasteiger partial charge is 0.485 e. The van der Waals surface area contributed by atoms with Gasteiger partial charge in [0.2, 0.25) is 0 Å². The maximum atomic E-state index is 5.95. The first-order valence-electron chi connectivity index (χ1n) is 7.22. The fourth-order valence-corrected chi connectivity index (χ4v) is 2.47. The van der Waals surface area contributed by atoms with E-state index in [0.29, 0.717) is 6.61 Å². The third-order valence-electron chi connectivity index (χ3n) is 3.61. The van der Waals surface area contributed by atoms with Crippen LogP contribution in [0.4, 0.5) is 0 Å². The predicted molar refractivity (Wildman–Crippen MR) is 83.3 cm³/mol. The Balaban J connectivity index is 2.15. The highest BCUT2D eigenvalue weighted by Crippen LogP contribution is 2.26. The van der Waals surface area contributed by atoms with Gasteiger partial charge in [-0.1, -0.05) is 12.1 Å². The van der Waals surface area contributed by atoms with Crippen molar-refractivity contribution in [3.8, 4) is 5.75 Å². The van der Waals surface area contributed by atoms with Crippen LogP contribution >= 0.6 is 0 Å². The van der Waals surface area contributed by atoms with Crippen molar-refractivity contribution in [2.24, 2.45) is 12.8 Å². The van der Waals surface area contributed by atoms with E-state index in [1.807, 2.05) is 25.5 Å². The van der Waals surface area contributed by atoms with Gasteiger partial charge in [-0.05, 0) is 50.8 Å². The van der Waals surface area contributed by atoms with Crippen LogP contribution in [0.15, 0.2) is 12.1 Å². The average molecular weight is 288 g/mol. The van der Waals surface area contributed by atoms with Crippen LogP contribution in [-0.4, -0.2) is 20.8 Å². The SMILES string of the molecule is Cc1cc(CC(C)N)cc(C)c1OCc1nnc(C)n1C. The molecule has 2 aromatic rings. The molecule has 1 atom stereocenters. The molecule has 2 rings (SSSR count). The summed E-state index contributed by atoms with van der Waals surface area (Å²) in [5, 5.41) is 8.16. The second-order valence-electron chi connectivity index (χ2n) is 5.75. The molecule has 0 saturated carbocycles. The Bertz CT molecular complexity index is 608. The number of benzene rings is 1. The summed E-state index contributed by atoms with van der Waals surface area (Å²) in [6.07, 6.45) is 0.879. The van der Waals surface area contributed by atoms with E-state index in [2.05, 4.69) is 36.2 Å². The summed E-state index contributed by atoms with van der Waals surface area (Å²) >= 11 is 0. The van der Waals surface area contributed by atoms with Crippen LogP contribution in [0.25, 0.3) is 0 Å². The molecule has 5 heteroatoms. The van der Waals surface area contributed by atoms with E-state index in [0.717, 1.165) is 34.9 Å². The molecule has 21 heavy (non-hydrogen) atoms. The molecule has 0 spiro atoms. The van der Waals surface area contributed by atoms with E-state index in [1.54, 1.807) is 0 Å². The van der Waals surface area contributed by atoms with Gasteiger partial charge < -0.3 is 15.0 Å². The molecular formula is C16H24N4O. The smallest absolute Gasteiger partial charge is 0.170 e. The fourth-order valence-electron chi connectivity index (χ4n) is 2.47. The molecule has 0 radical (unpaired) electrons. The Morgan fingerprint density at radius 3 is 2.29 bits per heavy atom. The molecule has 0 aliphatic carbocycles. The molecule has 0 saturated heterocycles. The minimum Gasteiger partial charge on any atom is -0.485 e. The van der Waals surface area contributed by atoms with E-state index < -0.39 is 0 Å². The Morgan fingerprint density at radius 1 is 1.19 bits per heavy atom. The molecule has 5 nitrogen and oxygen atoms in total. The van der Waals surface area contributed by atoms with Crippen LogP contribution in [0.5, 0.6) is 5.75 Å². The van der Waals surface area contributed by atoms with Crippen LogP contribution < -0.4 is 10.5 Å². The van der Waals surface area contributed by atoms with Gasteiger partial charge in [-0.3, -0.25) is 0 Å². The predicted octanol–water partition coefficient (Wildman–Crippen LogP) is 2.21. The first-order valence-corrected chi connectivity index (χ1v) is 7.22. The zero-order valence-electron chi connectivity index (χ0n) is 13.5. The van der Waals surface area contributed by atoms with Crippen LogP contribution in [0, 0.1) is 20.8 Å². The molecule has 1 unspecified atom stereocenters. The average Bonchev–Trinajstić information content (AvgIpc) is 2.68. The lowest BCUT2D eigenvalue weighted by Crippen LogP contribution is -2.18. The molecule has 114 valence electrons. The molecule has 0 fully saturated rings. The zero-order valence-corrected chi connectivity index (χ0v) is 13.5. The number of ether oxygens (including phenoxy) is 1. The van der Waals surface area contributed by atoms with Crippen molar-refractivity contribution in [1.29, 1.82) is 0 Å². The van der Waals surface area contributed by atoms with Crippen molar-refractivity contribution in [1.82, 2.24) is 14.8 Å². The van der Waals surface area contributed by atoms with Crippen molar-refractivity contribution in [2.75, 3.05) is 0 Å². The van der Waals surface area contributed by atoms with Crippen molar-refractivity contribution in [3.05, 3.63) is 40.5 Å². The van der Waals surface area contributed by atoms with E-state index >= 15 is 0 Å². The number of hydrogen-bond donors (Lipinski definition) is 1. The Hall–Kier alpha value is -1.88. The Morgan fingerprint density at radius 2 is 1.81 bits per heavy atom. The van der Waals surface area contributed by atoms with Gasteiger partial charge in [-0.15, -0.1) is 10.2 Å². The molecular weight excluding hydrogens is 264 g/mol. The first-order chi connectivity index (χ1) is 9.88. The molecule has 0 aliphatic heterocycles. The van der Waals surface area contributed by atoms with Gasteiger partial charge in [0.15, 0.2) is 5.82 Å². The molecule has 1 aromatic carbocycles. The van der Waals surface area contributed by atoms with E-state index in [4.69, 9.17) is 10.5 Å². The first kappa shape index (κ1) is 15.5. The zero-order chi connectivity index (χ0) is 15.6. The number of nitrogens with two attached hydrogens (primary N) is 1. The van der Waals surface area contributed by atoms with E-state index in [9.17, 15) is 0 Å². The van der Waals surface area contributed by atoms with E-state index in [-0.39, 0.29) is 6.04 Å². The normalized spacial score (nSPS) is 12.5. The summed E-state index contributed by atoms with van der Waals surface area (Å²) in [4.78, 5) is 0. The second-order valence-corrected chi connectivity index (χ2v) is 5.75. The monoisotopic (exact) mass is 288 g/mol. The number of nitrogens with zero attached hydrogens (tertiary/aromatic N) is 3. The highest BCUT2D eigenvalue weighted by atomic mass is 16.5. The topological polar surface area (TPSA) is 66.0 Å². The lowest BCUT2D eigenvalue weighted by atomic mass is 10.0. The van der Waals surface area contributed by atoms with Gasteiger partial charge in [-0.2, -0.15) is 0 Å². The summed E-state index contributed by atoms with van der Waals surface area (Å²) in [5.41, 5.74) is 9.38. The summed E-state index contributed by atoms with van der Waals surface area (Å²) in [7, 11) is 1.94. The highest BCUT2D eigenvalue weighted by Gasteiger charge is 2.10. The molecule has 0 amide bonds. The Kier molecular flexibility index (Phi) is 4.63.